The molecule has 7 heteroatoms. The van der Waals surface area contributed by atoms with Crippen LogP contribution >= 0.6 is 0 Å². The first kappa shape index (κ1) is 15.5. The number of H-pyrrole nitrogens is 1. The first-order chi connectivity index (χ1) is 11.5. The molecule has 2 aromatic carbocycles. The first-order valence-corrected chi connectivity index (χ1v) is 7.09. The van der Waals surface area contributed by atoms with Crippen LogP contribution in [-0.4, -0.2) is 30.1 Å². The monoisotopic (exact) mass is 325 g/mol. The van der Waals surface area contributed by atoms with Gasteiger partial charge in [0.1, 0.15) is 22.7 Å². The number of aromatic amines is 1. The van der Waals surface area contributed by atoms with Crippen molar-refractivity contribution in [3.05, 3.63) is 52.3 Å². The number of carbonyl (C=O) groups excluding carboxylic acids is 1. The Balaban J connectivity index is 2.20. The minimum absolute atomic E-state index is 0.325. The number of benzene rings is 2. The van der Waals surface area contributed by atoms with E-state index in [1.54, 1.807) is 36.4 Å². The molecule has 1 amide bonds. The summed E-state index contributed by atoms with van der Waals surface area (Å²) in [6.07, 6.45) is 0. The summed E-state index contributed by atoms with van der Waals surface area (Å²) in [6, 6.07) is 9.78. The first-order valence-electron chi connectivity index (χ1n) is 7.09. The van der Waals surface area contributed by atoms with Gasteiger partial charge in [0, 0.05) is 23.3 Å². The van der Waals surface area contributed by atoms with Crippen molar-refractivity contribution in [2.75, 3.05) is 14.2 Å². The van der Waals surface area contributed by atoms with E-state index in [9.17, 15) is 9.59 Å². The number of fused-ring (bicyclic) bond motifs is 1. The van der Waals surface area contributed by atoms with Crippen LogP contribution in [0, 0.1) is 0 Å². The summed E-state index contributed by atoms with van der Waals surface area (Å²) in [5.41, 5.74) is 6.38. The lowest BCUT2D eigenvalue weighted by Crippen LogP contribution is -2.12. The van der Waals surface area contributed by atoms with Gasteiger partial charge in [-0.05, 0) is 12.1 Å². The summed E-state index contributed by atoms with van der Waals surface area (Å²) in [4.78, 5) is 30.8. The van der Waals surface area contributed by atoms with Crippen molar-refractivity contribution in [3.63, 3.8) is 0 Å². The number of rotatable bonds is 4. The molecule has 24 heavy (non-hydrogen) atoms. The van der Waals surface area contributed by atoms with Crippen molar-refractivity contribution in [2.45, 2.75) is 0 Å². The fraction of sp³-hybridized carbons (Fsp3) is 0.118. The molecule has 122 valence electrons. The Morgan fingerprint density at radius 3 is 2.42 bits per heavy atom. The summed E-state index contributed by atoms with van der Waals surface area (Å²) < 4.78 is 10.5. The summed E-state index contributed by atoms with van der Waals surface area (Å²) >= 11 is 0. The minimum atomic E-state index is -0.518. The van der Waals surface area contributed by atoms with Crippen LogP contribution in [0.15, 0.2) is 41.2 Å². The zero-order valence-electron chi connectivity index (χ0n) is 13.1. The molecule has 0 aliphatic carbocycles. The van der Waals surface area contributed by atoms with Crippen LogP contribution in [0.25, 0.3) is 22.3 Å². The smallest absolute Gasteiger partial charge is 0.262 e. The molecule has 1 heterocycles. The average molecular weight is 325 g/mol. The average Bonchev–Trinajstić information content (AvgIpc) is 2.60. The second-order valence-corrected chi connectivity index (χ2v) is 5.08. The number of nitrogens with two attached hydrogens (primary N) is 1. The van der Waals surface area contributed by atoms with Gasteiger partial charge in [-0.3, -0.25) is 9.59 Å². The maximum absolute atomic E-state index is 12.4. The highest BCUT2D eigenvalue weighted by Crippen LogP contribution is 2.28. The Morgan fingerprint density at radius 2 is 1.83 bits per heavy atom. The molecule has 0 saturated carbocycles. The van der Waals surface area contributed by atoms with Crippen molar-refractivity contribution in [3.8, 4) is 22.9 Å². The summed E-state index contributed by atoms with van der Waals surface area (Å²) in [5.74, 6) is 0.774. The Hall–Kier alpha value is -3.35. The van der Waals surface area contributed by atoms with Crippen LogP contribution < -0.4 is 20.8 Å². The number of methoxy groups -OCH3 is 2. The van der Waals surface area contributed by atoms with E-state index in [2.05, 4.69) is 9.97 Å². The van der Waals surface area contributed by atoms with Crippen molar-refractivity contribution in [1.29, 1.82) is 0 Å². The molecule has 0 unspecified atom stereocenters. The number of amides is 1. The second kappa shape index (κ2) is 6.04. The standard InChI is InChI=1S/C17H15N3O4/c1-23-11-7-12-14(13(8-11)24-2)17(22)20-16(19-12)10-5-3-9(4-6-10)15(18)21/h3-8H,1-2H3,(H2,18,21)(H,19,20,22). The maximum atomic E-state index is 12.4. The summed E-state index contributed by atoms with van der Waals surface area (Å²) in [7, 11) is 3.00. The third-order valence-corrected chi connectivity index (χ3v) is 3.64. The zero-order valence-corrected chi connectivity index (χ0v) is 13.1. The van der Waals surface area contributed by atoms with E-state index in [1.165, 1.54) is 14.2 Å². The van der Waals surface area contributed by atoms with Gasteiger partial charge in [0.25, 0.3) is 5.56 Å². The zero-order chi connectivity index (χ0) is 17.3. The Kier molecular flexibility index (Phi) is 3.91. The van der Waals surface area contributed by atoms with Crippen molar-refractivity contribution in [1.82, 2.24) is 9.97 Å². The molecule has 0 spiro atoms. The van der Waals surface area contributed by atoms with E-state index in [1.807, 2.05) is 0 Å². The Bertz CT molecular complexity index is 978. The molecule has 3 N–H and O–H groups in total. The highest BCUT2D eigenvalue weighted by molar-refractivity contribution is 5.93. The van der Waals surface area contributed by atoms with Gasteiger partial charge in [0.05, 0.1) is 19.7 Å². The van der Waals surface area contributed by atoms with Crippen molar-refractivity contribution in [2.24, 2.45) is 5.73 Å². The molecule has 7 nitrogen and oxygen atoms in total. The number of ether oxygens (including phenoxy) is 2. The van der Waals surface area contributed by atoms with Crippen molar-refractivity contribution < 1.29 is 14.3 Å². The number of hydrogen-bond donors (Lipinski definition) is 2. The summed E-state index contributed by atoms with van der Waals surface area (Å²) in [5, 5.41) is 0.343. The molecule has 1 aromatic heterocycles. The van der Waals surface area contributed by atoms with Gasteiger partial charge in [-0.1, -0.05) is 12.1 Å². The predicted molar refractivity (Wildman–Crippen MR) is 89.4 cm³/mol. The van der Waals surface area contributed by atoms with E-state index in [0.717, 1.165) is 0 Å². The number of nitrogens with zero attached hydrogens (tertiary/aromatic N) is 1. The maximum Gasteiger partial charge on any atom is 0.262 e. The third kappa shape index (κ3) is 2.67. The highest BCUT2D eigenvalue weighted by atomic mass is 16.5. The van der Waals surface area contributed by atoms with E-state index >= 15 is 0 Å². The van der Waals surface area contributed by atoms with Gasteiger partial charge in [-0.2, -0.15) is 0 Å². The molecule has 0 radical (unpaired) electrons. The molecule has 0 bridgehead atoms. The van der Waals surface area contributed by atoms with Crippen LogP contribution in [-0.2, 0) is 0 Å². The third-order valence-electron chi connectivity index (χ3n) is 3.64. The largest absolute Gasteiger partial charge is 0.497 e. The fourth-order valence-electron chi connectivity index (χ4n) is 2.42. The van der Waals surface area contributed by atoms with Crippen LogP contribution in [0.5, 0.6) is 11.5 Å². The van der Waals surface area contributed by atoms with Crippen LogP contribution in [0.2, 0.25) is 0 Å². The van der Waals surface area contributed by atoms with Gasteiger partial charge in [0.15, 0.2) is 0 Å². The SMILES string of the molecule is COc1cc(OC)c2c(=O)[nH]c(-c3ccc(C(N)=O)cc3)nc2c1. The molecule has 3 rings (SSSR count). The highest BCUT2D eigenvalue weighted by Gasteiger charge is 2.13. The second-order valence-electron chi connectivity index (χ2n) is 5.08. The van der Waals surface area contributed by atoms with E-state index < -0.39 is 5.91 Å². The molecule has 0 fully saturated rings. The summed E-state index contributed by atoms with van der Waals surface area (Å²) in [6.45, 7) is 0. The quantitative estimate of drug-likeness (QED) is 0.759. The molecule has 0 atom stereocenters. The van der Waals surface area contributed by atoms with Gasteiger partial charge < -0.3 is 20.2 Å². The Morgan fingerprint density at radius 1 is 1.12 bits per heavy atom. The lowest BCUT2D eigenvalue weighted by atomic mass is 10.1. The number of primary amides is 1. The van der Waals surface area contributed by atoms with Gasteiger partial charge in [-0.25, -0.2) is 4.98 Å². The van der Waals surface area contributed by atoms with Crippen molar-refractivity contribution >= 4 is 16.8 Å². The molecular weight excluding hydrogens is 310 g/mol. The number of carbonyl (C=O) groups is 1. The normalized spacial score (nSPS) is 10.6. The topological polar surface area (TPSA) is 107 Å². The Labute approximate surface area is 137 Å². The van der Waals surface area contributed by atoms with E-state index in [4.69, 9.17) is 15.2 Å². The molecule has 0 aliphatic heterocycles. The molecule has 3 aromatic rings. The number of hydrogen-bond acceptors (Lipinski definition) is 5. The number of nitrogens with one attached hydrogen (secondary N) is 1. The molecule has 0 saturated heterocycles. The van der Waals surface area contributed by atoms with E-state index in [-0.39, 0.29) is 5.56 Å². The van der Waals surface area contributed by atoms with Crippen LogP contribution in [0.4, 0.5) is 0 Å². The number of aromatic nitrogens is 2. The van der Waals surface area contributed by atoms with Gasteiger partial charge >= 0.3 is 0 Å². The minimum Gasteiger partial charge on any atom is -0.497 e. The van der Waals surface area contributed by atoms with Gasteiger partial charge in [-0.15, -0.1) is 0 Å². The fourth-order valence-corrected chi connectivity index (χ4v) is 2.42. The predicted octanol–water partition coefficient (Wildman–Crippen LogP) is 1.71. The van der Waals surface area contributed by atoms with E-state index in [0.29, 0.717) is 39.4 Å². The lowest BCUT2D eigenvalue weighted by molar-refractivity contribution is 0.100. The molecule has 0 aliphatic rings. The van der Waals surface area contributed by atoms with Crippen LogP contribution in [0.3, 0.4) is 0 Å². The molecular formula is C17H15N3O4. The van der Waals surface area contributed by atoms with Crippen LogP contribution in [0.1, 0.15) is 10.4 Å². The lowest BCUT2D eigenvalue weighted by Gasteiger charge is -2.09. The van der Waals surface area contributed by atoms with Gasteiger partial charge in [0.2, 0.25) is 5.91 Å².